The second-order valence-corrected chi connectivity index (χ2v) is 11.5. The number of hydrogen-bond acceptors (Lipinski definition) is 6. The fourth-order valence-electron chi connectivity index (χ4n) is 4.32. The number of ether oxygens (including phenoxy) is 1. The summed E-state index contributed by atoms with van der Waals surface area (Å²) in [5.74, 6) is 0.797. The van der Waals surface area contributed by atoms with E-state index >= 15 is 0 Å². The van der Waals surface area contributed by atoms with E-state index in [2.05, 4.69) is 41.1 Å². The summed E-state index contributed by atoms with van der Waals surface area (Å²) in [6, 6.07) is 21.3. The molecule has 7 nitrogen and oxygen atoms in total. The lowest BCUT2D eigenvalue weighted by molar-refractivity contribution is 0.0730. The lowest BCUT2D eigenvalue weighted by Crippen LogP contribution is -2.40. The van der Waals surface area contributed by atoms with Crippen LogP contribution in [-0.2, 0) is 21.2 Å². The summed E-state index contributed by atoms with van der Waals surface area (Å²) in [5, 5.41) is 2.06. The minimum Gasteiger partial charge on any atom is -0.463 e. The van der Waals surface area contributed by atoms with E-state index in [0.29, 0.717) is 32.0 Å². The molecule has 4 aromatic rings. The molecular weight excluding hydrogens is 494 g/mol. The van der Waals surface area contributed by atoms with Crippen LogP contribution in [-0.4, -0.2) is 43.6 Å². The highest BCUT2D eigenvalue weighted by Gasteiger charge is 2.26. The smallest absolute Gasteiger partial charge is 0.243 e. The summed E-state index contributed by atoms with van der Waals surface area (Å²) < 4.78 is 40.6. The van der Waals surface area contributed by atoms with Gasteiger partial charge in [-0.2, -0.15) is 4.31 Å². The van der Waals surface area contributed by atoms with Gasteiger partial charge in [0, 0.05) is 24.5 Å². The van der Waals surface area contributed by atoms with E-state index in [1.165, 1.54) is 9.87 Å². The highest BCUT2D eigenvalue weighted by molar-refractivity contribution is 7.89. The quantitative estimate of drug-likeness (QED) is 0.316. The van der Waals surface area contributed by atoms with Crippen LogP contribution in [0.4, 0.5) is 5.69 Å². The Balaban J connectivity index is 1.44. The van der Waals surface area contributed by atoms with Crippen molar-refractivity contribution in [2.75, 3.05) is 26.3 Å². The van der Waals surface area contributed by atoms with E-state index in [-0.39, 0.29) is 10.9 Å². The molecule has 3 heterocycles. The lowest BCUT2D eigenvalue weighted by Gasteiger charge is -2.26. The average molecular weight is 524 g/mol. The topological polar surface area (TPSA) is 77.0 Å². The first-order chi connectivity index (χ1) is 17.5. The van der Waals surface area contributed by atoms with E-state index in [1.807, 2.05) is 18.2 Å². The van der Waals surface area contributed by atoms with Crippen molar-refractivity contribution in [1.82, 2.24) is 8.87 Å². The van der Waals surface area contributed by atoms with Crippen LogP contribution in [0.2, 0.25) is 0 Å². The summed E-state index contributed by atoms with van der Waals surface area (Å²) in [6.07, 6.45) is 3.57. The molecule has 1 aliphatic rings. The van der Waals surface area contributed by atoms with Crippen LogP contribution < -0.4 is 4.80 Å². The Morgan fingerprint density at radius 3 is 2.44 bits per heavy atom. The SMILES string of the molecule is CC(CCc1ccccc1)n1c(-c2ccco2)csc1=Nc1ccc(S(=O)(=O)N2CCOCC2)cc1. The van der Waals surface area contributed by atoms with Crippen LogP contribution in [0.3, 0.4) is 0 Å². The van der Waals surface area contributed by atoms with Gasteiger partial charge in [-0.15, -0.1) is 11.3 Å². The standard InChI is InChI=1S/C27H29N3O4S2/c1-21(9-10-22-6-3-2-4-7-22)30-25(26-8-5-17-34-26)20-35-27(30)28-23-11-13-24(14-12-23)36(31,32)29-15-18-33-19-16-29/h2-8,11-14,17,20-21H,9-10,15-16,18-19H2,1H3. The minimum absolute atomic E-state index is 0.177. The molecule has 2 aromatic carbocycles. The minimum atomic E-state index is -3.54. The van der Waals surface area contributed by atoms with Crippen molar-refractivity contribution in [2.45, 2.75) is 30.7 Å². The molecule has 0 amide bonds. The van der Waals surface area contributed by atoms with Crippen LogP contribution >= 0.6 is 11.3 Å². The van der Waals surface area contributed by atoms with Crippen molar-refractivity contribution >= 4 is 27.0 Å². The number of hydrogen-bond donors (Lipinski definition) is 0. The zero-order valence-corrected chi connectivity index (χ0v) is 21.7. The van der Waals surface area contributed by atoms with Gasteiger partial charge in [-0.05, 0) is 61.7 Å². The number of furan rings is 1. The third-order valence-electron chi connectivity index (χ3n) is 6.32. The predicted octanol–water partition coefficient (Wildman–Crippen LogP) is 5.26. The van der Waals surface area contributed by atoms with Gasteiger partial charge in [0.15, 0.2) is 10.6 Å². The predicted molar refractivity (Wildman–Crippen MR) is 141 cm³/mol. The number of aromatic nitrogens is 1. The molecular formula is C27H29N3O4S2. The van der Waals surface area contributed by atoms with Crippen LogP contribution in [0, 0.1) is 0 Å². The van der Waals surface area contributed by atoms with Crippen molar-refractivity contribution in [3.05, 3.63) is 88.7 Å². The molecule has 0 aliphatic carbocycles. The fraction of sp³-hybridized carbons (Fsp3) is 0.296. The number of benzene rings is 2. The Labute approximate surface area is 215 Å². The third-order valence-corrected chi connectivity index (χ3v) is 9.07. The van der Waals surface area contributed by atoms with Gasteiger partial charge in [0.1, 0.15) is 0 Å². The zero-order valence-electron chi connectivity index (χ0n) is 20.1. The summed E-state index contributed by atoms with van der Waals surface area (Å²) in [6.45, 7) is 3.79. The molecule has 5 rings (SSSR count). The van der Waals surface area contributed by atoms with E-state index in [9.17, 15) is 8.42 Å². The zero-order chi connectivity index (χ0) is 25.0. The Morgan fingerprint density at radius 1 is 1.00 bits per heavy atom. The maximum Gasteiger partial charge on any atom is 0.243 e. The largest absolute Gasteiger partial charge is 0.463 e. The van der Waals surface area contributed by atoms with Crippen molar-refractivity contribution in [3.63, 3.8) is 0 Å². The number of aryl methyl sites for hydroxylation is 1. The molecule has 188 valence electrons. The van der Waals surface area contributed by atoms with Gasteiger partial charge in [-0.1, -0.05) is 30.3 Å². The fourth-order valence-corrected chi connectivity index (χ4v) is 6.73. The molecule has 1 saturated heterocycles. The van der Waals surface area contributed by atoms with Gasteiger partial charge in [-0.25, -0.2) is 13.4 Å². The number of thiazole rings is 1. The Morgan fingerprint density at radius 2 is 1.75 bits per heavy atom. The molecule has 1 unspecified atom stereocenters. The van der Waals surface area contributed by atoms with E-state index in [0.717, 1.165) is 29.1 Å². The van der Waals surface area contributed by atoms with Crippen LogP contribution in [0.25, 0.3) is 11.5 Å². The molecule has 1 fully saturated rings. The molecule has 0 spiro atoms. The Kier molecular flexibility index (Phi) is 7.52. The first-order valence-corrected chi connectivity index (χ1v) is 14.3. The molecule has 9 heteroatoms. The number of sulfonamides is 1. The first-order valence-electron chi connectivity index (χ1n) is 12.0. The molecule has 0 N–H and O–H groups in total. The van der Waals surface area contributed by atoms with Gasteiger partial charge in [0.05, 0.1) is 35.8 Å². The number of morpholine rings is 1. The van der Waals surface area contributed by atoms with Crippen LogP contribution in [0.15, 0.2) is 92.7 Å². The third kappa shape index (κ3) is 5.39. The van der Waals surface area contributed by atoms with Gasteiger partial charge in [0.25, 0.3) is 0 Å². The number of rotatable bonds is 8. The highest BCUT2D eigenvalue weighted by Crippen LogP contribution is 2.27. The molecule has 1 atom stereocenters. The van der Waals surface area contributed by atoms with Crippen LogP contribution in [0.1, 0.15) is 24.9 Å². The molecule has 36 heavy (non-hydrogen) atoms. The molecule has 2 aromatic heterocycles. The van der Waals surface area contributed by atoms with Crippen molar-refractivity contribution in [2.24, 2.45) is 4.99 Å². The van der Waals surface area contributed by atoms with Crippen molar-refractivity contribution < 1.29 is 17.6 Å². The van der Waals surface area contributed by atoms with Crippen molar-refractivity contribution in [3.8, 4) is 11.5 Å². The Hall–Kier alpha value is -2.98. The molecule has 1 aliphatic heterocycles. The van der Waals surface area contributed by atoms with Gasteiger partial charge < -0.3 is 13.7 Å². The average Bonchev–Trinajstić information content (AvgIpc) is 3.59. The summed E-state index contributed by atoms with van der Waals surface area (Å²) in [4.78, 5) is 6.01. The first kappa shape index (κ1) is 24.7. The molecule has 0 radical (unpaired) electrons. The molecule has 0 saturated carbocycles. The monoisotopic (exact) mass is 523 g/mol. The van der Waals surface area contributed by atoms with E-state index < -0.39 is 10.0 Å². The highest BCUT2D eigenvalue weighted by atomic mass is 32.2. The maximum atomic E-state index is 13.0. The molecule has 0 bridgehead atoms. The van der Waals surface area contributed by atoms with Crippen LogP contribution in [0.5, 0.6) is 0 Å². The van der Waals surface area contributed by atoms with Crippen molar-refractivity contribution in [1.29, 1.82) is 0 Å². The summed E-state index contributed by atoms with van der Waals surface area (Å²) in [5.41, 5.74) is 2.99. The second-order valence-electron chi connectivity index (χ2n) is 8.75. The van der Waals surface area contributed by atoms with Gasteiger partial charge in [-0.3, -0.25) is 0 Å². The number of nitrogens with zero attached hydrogens (tertiary/aromatic N) is 3. The normalized spacial score (nSPS) is 16.3. The van der Waals surface area contributed by atoms with E-state index in [4.69, 9.17) is 14.1 Å². The Bertz CT molecular complexity index is 1430. The lowest BCUT2D eigenvalue weighted by atomic mass is 10.1. The second kappa shape index (κ2) is 11.0. The maximum absolute atomic E-state index is 13.0. The van der Waals surface area contributed by atoms with Gasteiger partial charge in [0.2, 0.25) is 10.0 Å². The summed E-state index contributed by atoms with van der Waals surface area (Å²) in [7, 11) is -3.54. The van der Waals surface area contributed by atoms with Gasteiger partial charge >= 0.3 is 0 Å². The summed E-state index contributed by atoms with van der Waals surface area (Å²) >= 11 is 1.55. The van der Waals surface area contributed by atoms with E-state index in [1.54, 1.807) is 41.9 Å².